The zero-order valence-corrected chi connectivity index (χ0v) is 12.7. The van der Waals surface area contributed by atoms with Crippen LogP contribution in [0.4, 0.5) is 10.1 Å². The maximum absolute atomic E-state index is 13.6. The lowest BCUT2D eigenvalue weighted by Gasteiger charge is -2.21. The SMILES string of the molecule is C[C@@H](OC(=O)c1ccccc1F)C(=O)N1CCc2ccccc21. The summed E-state index contributed by atoms with van der Waals surface area (Å²) in [6.45, 7) is 2.06. The molecule has 0 fully saturated rings. The molecule has 1 amide bonds. The Morgan fingerprint density at radius 3 is 2.61 bits per heavy atom. The molecule has 3 rings (SSSR count). The third-order valence-corrected chi connectivity index (χ3v) is 3.88. The van der Waals surface area contributed by atoms with Crippen LogP contribution in [0.25, 0.3) is 0 Å². The molecular formula is C18H16FNO3. The summed E-state index contributed by atoms with van der Waals surface area (Å²) in [4.78, 5) is 26.1. The first-order valence-electron chi connectivity index (χ1n) is 7.42. The summed E-state index contributed by atoms with van der Waals surface area (Å²) < 4.78 is 18.7. The van der Waals surface area contributed by atoms with E-state index in [1.54, 1.807) is 11.0 Å². The fourth-order valence-corrected chi connectivity index (χ4v) is 2.69. The molecule has 0 bridgehead atoms. The summed E-state index contributed by atoms with van der Waals surface area (Å²) >= 11 is 0. The second kappa shape index (κ2) is 6.20. The third-order valence-electron chi connectivity index (χ3n) is 3.88. The molecule has 0 N–H and O–H groups in total. The van der Waals surface area contributed by atoms with E-state index in [1.165, 1.54) is 25.1 Å². The minimum Gasteiger partial charge on any atom is -0.449 e. The number of fused-ring (bicyclic) bond motifs is 1. The molecule has 1 heterocycles. The number of hydrogen-bond donors (Lipinski definition) is 0. The standard InChI is InChI=1S/C18H16FNO3/c1-12(23-18(22)14-7-3-4-8-15(14)19)17(21)20-11-10-13-6-2-5-9-16(13)20/h2-9,12H,10-11H2,1H3/t12-/m1/s1. The highest BCUT2D eigenvalue weighted by molar-refractivity contribution is 6.00. The van der Waals surface area contributed by atoms with Gasteiger partial charge in [-0.2, -0.15) is 0 Å². The Morgan fingerprint density at radius 2 is 1.83 bits per heavy atom. The van der Waals surface area contributed by atoms with E-state index in [0.717, 1.165) is 17.7 Å². The number of nitrogens with zero attached hydrogens (tertiary/aromatic N) is 1. The van der Waals surface area contributed by atoms with Crippen molar-refractivity contribution in [3.8, 4) is 0 Å². The summed E-state index contributed by atoms with van der Waals surface area (Å²) in [6, 6.07) is 13.2. The number of halogens is 1. The first-order chi connectivity index (χ1) is 11.1. The van der Waals surface area contributed by atoms with Crippen molar-refractivity contribution in [3.63, 3.8) is 0 Å². The van der Waals surface area contributed by atoms with Crippen LogP contribution in [-0.2, 0) is 16.0 Å². The molecule has 0 radical (unpaired) electrons. The molecule has 5 heteroatoms. The van der Waals surface area contributed by atoms with Gasteiger partial charge in [0, 0.05) is 12.2 Å². The van der Waals surface area contributed by atoms with Crippen LogP contribution >= 0.6 is 0 Å². The van der Waals surface area contributed by atoms with Gasteiger partial charge in [-0.05, 0) is 37.1 Å². The van der Waals surface area contributed by atoms with Gasteiger partial charge >= 0.3 is 5.97 Å². The Labute approximate surface area is 133 Å². The van der Waals surface area contributed by atoms with Gasteiger partial charge in [-0.3, -0.25) is 4.79 Å². The lowest BCUT2D eigenvalue weighted by Crippen LogP contribution is -2.39. The number of hydrogen-bond acceptors (Lipinski definition) is 3. The Bertz CT molecular complexity index is 759. The zero-order valence-electron chi connectivity index (χ0n) is 12.7. The molecule has 23 heavy (non-hydrogen) atoms. The molecule has 0 aromatic heterocycles. The molecule has 0 spiro atoms. The van der Waals surface area contributed by atoms with Gasteiger partial charge in [-0.15, -0.1) is 0 Å². The van der Waals surface area contributed by atoms with E-state index in [0.29, 0.717) is 6.54 Å². The first kappa shape index (κ1) is 15.2. The number of ether oxygens (including phenoxy) is 1. The maximum Gasteiger partial charge on any atom is 0.341 e. The van der Waals surface area contributed by atoms with Crippen LogP contribution in [0.5, 0.6) is 0 Å². The van der Waals surface area contributed by atoms with Crippen molar-refractivity contribution >= 4 is 17.6 Å². The van der Waals surface area contributed by atoms with E-state index < -0.39 is 17.9 Å². The fourth-order valence-electron chi connectivity index (χ4n) is 2.69. The molecule has 1 aliphatic rings. The highest BCUT2D eigenvalue weighted by Gasteiger charge is 2.30. The van der Waals surface area contributed by atoms with Crippen LogP contribution in [0.15, 0.2) is 48.5 Å². The Kier molecular flexibility index (Phi) is 4.10. The molecule has 0 saturated heterocycles. The molecule has 1 aliphatic heterocycles. The smallest absolute Gasteiger partial charge is 0.341 e. The molecular weight excluding hydrogens is 297 g/mol. The molecule has 4 nitrogen and oxygen atoms in total. The minimum atomic E-state index is -0.978. The van der Waals surface area contributed by atoms with Crippen molar-refractivity contribution in [2.75, 3.05) is 11.4 Å². The highest BCUT2D eigenvalue weighted by atomic mass is 19.1. The molecule has 0 aliphatic carbocycles. The third kappa shape index (κ3) is 2.95. The van der Waals surface area contributed by atoms with Gasteiger partial charge in [0.15, 0.2) is 6.10 Å². The lowest BCUT2D eigenvalue weighted by molar-refractivity contribution is -0.126. The number of amides is 1. The van der Waals surface area contributed by atoms with Crippen LogP contribution in [0.1, 0.15) is 22.8 Å². The van der Waals surface area contributed by atoms with Crippen molar-refractivity contribution in [1.29, 1.82) is 0 Å². The predicted molar refractivity (Wildman–Crippen MR) is 83.8 cm³/mol. The van der Waals surface area contributed by atoms with Crippen molar-refractivity contribution in [1.82, 2.24) is 0 Å². The topological polar surface area (TPSA) is 46.6 Å². The molecule has 2 aromatic rings. The van der Waals surface area contributed by atoms with E-state index in [2.05, 4.69) is 0 Å². The van der Waals surface area contributed by atoms with Crippen LogP contribution in [0.3, 0.4) is 0 Å². The monoisotopic (exact) mass is 313 g/mol. The van der Waals surface area contributed by atoms with Crippen molar-refractivity contribution < 1.29 is 18.7 Å². The predicted octanol–water partition coefficient (Wildman–Crippen LogP) is 2.96. The van der Waals surface area contributed by atoms with Gasteiger partial charge in [0.25, 0.3) is 5.91 Å². The largest absolute Gasteiger partial charge is 0.449 e. The summed E-state index contributed by atoms with van der Waals surface area (Å²) in [7, 11) is 0. The number of rotatable bonds is 3. The van der Waals surface area contributed by atoms with Crippen molar-refractivity contribution in [2.45, 2.75) is 19.4 Å². The van der Waals surface area contributed by atoms with Crippen LogP contribution < -0.4 is 4.90 Å². The molecule has 1 atom stereocenters. The lowest BCUT2D eigenvalue weighted by atomic mass is 10.2. The number of carbonyl (C=O) groups is 2. The molecule has 0 unspecified atom stereocenters. The van der Waals surface area contributed by atoms with Crippen molar-refractivity contribution in [2.24, 2.45) is 0 Å². The zero-order chi connectivity index (χ0) is 16.4. The number of para-hydroxylation sites is 1. The summed E-state index contributed by atoms with van der Waals surface area (Å²) in [5, 5.41) is 0. The normalized spacial score (nSPS) is 14.3. The molecule has 0 saturated carbocycles. The summed E-state index contributed by atoms with van der Waals surface area (Å²) in [5.74, 6) is -1.81. The minimum absolute atomic E-state index is 0.172. The molecule has 2 aromatic carbocycles. The van der Waals surface area contributed by atoms with E-state index >= 15 is 0 Å². The Hall–Kier alpha value is -2.69. The number of carbonyl (C=O) groups excluding carboxylic acids is 2. The van der Waals surface area contributed by atoms with E-state index in [4.69, 9.17) is 4.74 Å². The van der Waals surface area contributed by atoms with Crippen molar-refractivity contribution in [3.05, 3.63) is 65.5 Å². The quantitative estimate of drug-likeness (QED) is 0.819. The average molecular weight is 313 g/mol. The van der Waals surface area contributed by atoms with Crippen LogP contribution in [0.2, 0.25) is 0 Å². The van der Waals surface area contributed by atoms with Crippen LogP contribution in [-0.4, -0.2) is 24.5 Å². The second-order valence-corrected chi connectivity index (χ2v) is 5.40. The van der Waals surface area contributed by atoms with E-state index in [9.17, 15) is 14.0 Å². The van der Waals surface area contributed by atoms with Gasteiger partial charge in [-0.25, -0.2) is 9.18 Å². The van der Waals surface area contributed by atoms with E-state index in [1.807, 2.05) is 24.3 Å². The van der Waals surface area contributed by atoms with Gasteiger partial charge in [-0.1, -0.05) is 30.3 Å². The van der Waals surface area contributed by atoms with Gasteiger partial charge in [0.1, 0.15) is 5.82 Å². The average Bonchev–Trinajstić information content (AvgIpc) is 2.98. The van der Waals surface area contributed by atoms with Gasteiger partial charge < -0.3 is 9.64 Å². The Balaban J connectivity index is 1.72. The fraction of sp³-hybridized carbons (Fsp3) is 0.222. The second-order valence-electron chi connectivity index (χ2n) is 5.40. The Morgan fingerprint density at radius 1 is 1.13 bits per heavy atom. The highest BCUT2D eigenvalue weighted by Crippen LogP contribution is 2.28. The van der Waals surface area contributed by atoms with Gasteiger partial charge in [0.05, 0.1) is 5.56 Å². The maximum atomic E-state index is 13.6. The molecule has 118 valence electrons. The summed E-state index contributed by atoms with van der Waals surface area (Å²) in [5.41, 5.74) is 1.76. The number of esters is 1. The van der Waals surface area contributed by atoms with E-state index in [-0.39, 0.29) is 11.5 Å². The van der Waals surface area contributed by atoms with Gasteiger partial charge in [0.2, 0.25) is 0 Å². The van der Waals surface area contributed by atoms with Crippen LogP contribution in [0, 0.1) is 5.82 Å². The first-order valence-corrected chi connectivity index (χ1v) is 7.42. The number of benzene rings is 2. The summed E-state index contributed by atoms with van der Waals surface area (Å²) in [6.07, 6.45) is -0.205. The number of anilines is 1.